The third-order valence-electron chi connectivity index (χ3n) is 3.40. The molecule has 0 fully saturated rings. The topological polar surface area (TPSA) is 127 Å². The molecule has 26 heavy (non-hydrogen) atoms. The van der Waals surface area contributed by atoms with Gasteiger partial charge in [0.05, 0.1) is 18.9 Å². The fraction of sp³-hybridized carbons (Fsp3) is 0.375. The molecule has 0 aliphatic heterocycles. The van der Waals surface area contributed by atoms with Gasteiger partial charge in [0.15, 0.2) is 5.12 Å². The predicted molar refractivity (Wildman–Crippen MR) is 95.5 cm³/mol. The van der Waals surface area contributed by atoms with Gasteiger partial charge in [0.1, 0.15) is 0 Å². The van der Waals surface area contributed by atoms with Gasteiger partial charge in [0, 0.05) is 12.7 Å². The quantitative estimate of drug-likeness (QED) is 0.668. The van der Waals surface area contributed by atoms with Gasteiger partial charge in [-0.05, 0) is 17.2 Å². The van der Waals surface area contributed by atoms with Crippen LogP contribution in [0.25, 0.3) is 0 Å². The number of hydrogen-bond donors (Lipinski definition) is 2. The van der Waals surface area contributed by atoms with Crippen molar-refractivity contribution < 1.29 is 19.5 Å². The first-order valence-electron chi connectivity index (χ1n) is 7.92. The van der Waals surface area contributed by atoms with E-state index in [9.17, 15) is 14.4 Å². The first-order chi connectivity index (χ1) is 12.4. The maximum atomic E-state index is 12.6. The van der Waals surface area contributed by atoms with Crippen molar-refractivity contribution in [3.63, 3.8) is 0 Å². The second-order valence-electron chi connectivity index (χ2n) is 5.53. The molecular formula is C16H19N5O4S. The lowest BCUT2D eigenvalue weighted by molar-refractivity contribution is -0.137. The molecule has 2 aromatic rings. The minimum atomic E-state index is -0.975. The summed E-state index contributed by atoms with van der Waals surface area (Å²) in [6, 6.07) is 9.50. The molecule has 0 saturated heterocycles. The highest BCUT2D eigenvalue weighted by Crippen LogP contribution is 2.17. The van der Waals surface area contributed by atoms with Crippen molar-refractivity contribution in [1.82, 2.24) is 20.2 Å². The van der Waals surface area contributed by atoms with Crippen LogP contribution in [0.2, 0.25) is 0 Å². The van der Waals surface area contributed by atoms with Crippen LogP contribution in [0.3, 0.4) is 0 Å². The summed E-state index contributed by atoms with van der Waals surface area (Å²) in [6.45, 7) is 1.52. The molecular weight excluding hydrogens is 358 g/mol. The highest BCUT2D eigenvalue weighted by atomic mass is 32.2. The summed E-state index contributed by atoms with van der Waals surface area (Å²) in [4.78, 5) is 35.5. The zero-order valence-corrected chi connectivity index (χ0v) is 15.0. The Bertz CT molecular complexity index is 765. The number of hydrogen-bond acceptors (Lipinski definition) is 7. The number of carboxylic acids is 1. The average molecular weight is 377 g/mol. The number of thioether (sulfide) groups is 1. The molecule has 0 radical (unpaired) electrons. The lowest BCUT2D eigenvalue weighted by Crippen LogP contribution is -2.27. The number of carbonyl (C=O) groups is 3. The van der Waals surface area contributed by atoms with Crippen molar-refractivity contribution in [2.75, 3.05) is 11.1 Å². The Kier molecular flexibility index (Phi) is 7.27. The highest BCUT2D eigenvalue weighted by Gasteiger charge is 2.21. The summed E-state index contributed by atoms with van der Waals surface area (Å²) in [7, 11) is 0. The molecule has 0 aliphatic rings. The van der Waals surface area contributed by atoms with E-state index in [1.807, 2.05) is 30.3 Å². The summed E-state index contributed by atoms with van der Waals surface area (Å²) in [5.41, 5.74) is 0.981. The van der Waals surface area contributed by atoms with Crippen LogP contribution < -0.4 is 5.32 Å². The molecule has 2 rings (SSSR count). The molecule has 138 valence electrons. The number of benzene rings is 1. The first-order valence-corrected chi connectivity index (χ1v) is 8.90. The Balaban J connectivity index is 2.00. The molecule has 10 heteroatoms. The predicted octanol–water partition coefficient (Wildman–Crippen LogP) is 1.22. The van der Waals surface area contributed by atoms with E-state index in [0.29, 0.717) is 12.2 Å². The summed E-state index contributed by atoms with van der Waals surface area (Å²) < 4.78 is 0. The number of carbonyl (C=O) groups excluding carboxylic acids is 2. The Morgan fingerprint density at radius 2 is 2.00 bits per heavy atom. The Morgan fingerprint density at radius 3 is 2.65 bits per heavy atom. The van der Waals surface area contributed by atoms with E-state index in [4.69, 9.17) is 5.11 Å². The summed E-state index contributed by atoms with van der Waals surface area (Å²) in [5.74, 6) is -1.40. The molecule has 0 aliphatic carbocycles. The number of aromatic nitrogens is 4. The molecule has 1 amide bonds. The molecule has 1 atom stereocenters. The summed E-state index contributed by atoms with van der Waals surface area (Å²) in [6.07, 6.45) is 0.329. The van der Waals surface area contributed by atoms with E-state index >= 15 is 0 Å². The number of anilines is 1. The van der Waals surface area contributed by atoms with E-state index in [1.54, 1.807) is 0 Å². The summed E-state index contributed by atoms with van der Waals surface area (Å²) in [5, 5.41) is 22.5. The fourth-order valence-corrected chi connectivity index (χ4v) is 2.84. The molecule has 1 heterocycles. The maximum absolute atomic E-state index is 12.6. The Hall–Kier alpha value is -2.75. The number of carboxylic acid groups (broad SMARTS) is 1. The van der Waals surface area contributed by atoms with Crippen LogP contribution in [0.4, 0.5) is 5.95 Å². The molecule has 2 N–H and O–H groups in total. The van der Waals surface area contributed by atoms with Crippen molar-refractivity contribution in [1.29, 1.82) is 0 Å². The number of amides is 1. The van der Waals surface area contributed by atoms with Gasteiger partial charge >= 0.3 is 5.97 Å². The van der Waals surface area contributed by atoms with Gasteiger partial charge in [-0.1, -0.05) is 47.2 Å². The maximum Gasteiger partial charge on any atom is 0.305 e. The van der Waals surface area contributed by atoms with Crippen molar-refractivity contribution in [3.05, 3.63) is 35.9 Å². The SMILES string of the molecule is CC(=O)SCC(Cc1ccccc1)C(=O)Nc1nnn(CCC(=O)O)n1. The summed E-state index contributed by atoms with van der Waals surface area (Å²) >= 11 is 1.09. The van der Waals surface area contributed by atoms with E-state index in [0.717, 1.165) is 22.1 Å². The zero-order chi connectivity index (χ0) is 18.9. The van der Waals surface area contributed by atoms with Crippen LogP contribution in [-0.2, 0) is 27.3 Å². The smallest absolute Gasteiger partial charge is 0.305 e. The second kappa shape index (κ2) is 9.66. The molecule has 1 unspecified atom stereocenters. The van der Waals surface area contributed by atoms with E-state index in [1.165, 1.54) is 6.92 Å². The van der Waals surface area contributed by atoms with Crippen LogP contribution in [0.15, 0.2) is 30.3 Å². The number of rotatable bonds is 9. The van der Waals surface area contributed by atoms with Gasteiger partial charge in [0.2, 0.25) is 5.91 Å². The number of aliphatic carboxylic acids is 1. The number of aryl methyl sites for hydroxylation is 1. The molecule has 0 saturated carbocycles. The first kappa shape index (κ1) is 19.6. The average Bonchev–Trinajstić information content (AvgIpc) is 3.04. The minimum absolute atomic E-state index is 0.00581. The van der Waals surface area contributed by atoms with E-state index in [2.05, 4.69) is 20.7 Å². The Labute approximate surface area is 154 Å². The molecule has 1 aromatic heterocycles. The molecule has 0 bridgehead atoms. The van der Waals surface area contributed by atoms with E-state index < -0.39 is 11.9 Å². The standard InChI is InChI=1S/C16H19N5O4S/c1-11(22)26-10-13(9-12-5-3-2-4-6-12)15(25)17-16-18-20-21(19-16)8-7-14(23)24/h2-6,13H,7-10H2,1H3,(H,23,24)(H,17,19,25). The zero-order valence-electron chi connectivity index (χ0n) is 14.2. The lowest BCUT2D eigenvalue weighted by atomic mass is 10.0. The van der Waals surface area contributed by atoms with Crippen molar-refractivity contribution in [2.24, 2.45) is 5.92 Å². The Morgan fingerprint density at radius 1 is 1.27 bits per heavy atom. The van der Waals surface area contributed by atoms with Gasteiger partial charge in [-0.15, -0.1) is 5.10 Å². The van der Waals surface area contributed by atoms with Crippen LogP contribution in [0.5, 0.6) is 0 Å². The monoisotopic (exact) mass is 377 g/mol. The third-order valence-corrected chi connectivity index (χ3v) is 4.37. The second-order valence-corrected chi connectivity index (χ2v) is 6.73. The fourth-order valence-electron chi connectivity index (χ4n) is 2.14. The van der Waals surface area contributed by atoms with Crippen molar-refractivity contribution in [2.45, 2.75) is 26.3 Å². The highest BCUT2D eigenvalue weighted by molar-refractivity contribution is 8.13. The van der Waals surface area contributed by atoms with Gasteiger partial charge in [-0.2, -0.15) is 4.80 Å². The van der Waals surface area contributed by atoms with Crippen LogP contribution >= 0.6 is 11.8 Å². The minimum Gasteiger partial charge on any atom is -0.481 e. The van der Waals surface area contributed by atoms with Crippen LogP contribution in [0.1, 0.15) is 18.9 Å². The van der Waals surface area contributed by atoms with Crippen LogP contribution in [0, 0.1) is 5.92 Å². The lowest BCUT2D eigenvalue weighted by Gasteiger charge is -2.14. The molecule has 1 aromatic carbocycles. The van der Waals surface area contributed by atoms with Gasteiger partial charge < -0.3 is 5.11 Å². The normalized spacial score (nSPS) is 11.7. The van der Waals surface area contributed by atoms with Crippen molar-refractivity contribution >= 4 is 34.7 Å². The van der Waals surface area contributed by atoms with E-state index in [-0.39, 0.29) is 29.9 Å². The molecule has 9 nitrogen and oxygen atoms in total. The number of nitrogens with one attached hydrogen (secondary N) is 1. The third kappa shape index (κ3) is 6.63. The number of tetrazole rings is 1. The van der Waals surface area contributed by atoms with Crippen LogP contribution in [-0.4, -0.2) is 48.1 Å². The molecule has 0 spiro atoms. The van der Waals surface area contributed by atoms with Crippen molar-refractivity contribution in [3.8, 4) is 0 Å². The van der Waals surface area contributed by atoms with Gasteiger partial charge in [0.25, 0.3) is 5.95 Å². The number of nitrogens with zero attached hydrogens (tertiary/aromatic N) is 4. The van der Waals surface area contributed by atoms with Gasteiger partial charge in [-0.25, -0.2) is 0 Å². The largest absolute Gasteiger partial charge is 0.481 e. The van der Waals surface area contributed by atoms with Gasteiger partial charge in [-0.3, -0.25) is 19.7 Å².